The van der Waals surface area contributed by atoms with Crippen molar-refractivity contribution in [1.29, 1.82) is 0 Å². The fraction of sp³-hybridized carbons (Fsp3) is 0.174. The molecule has 0 aromatic heterocycles. The van der Waals surface area contributed by atoms with Crippen LogP contribution in [0.15, 0.2) is 82.6 Å². The molecule has 1 amide bonds. The maximum absolute atomic E-state index is 12.3. The van der Waals surface area contributed by atoms with Crippen LogP contribution in [0.25, 0.3) is 0 Å². The first-order chi connectivity index (χ1) is 13.0. The van der Waals surface area contributed by atoms with Crippen molar-refractivity contribution in [1.82, 2.24) is 0 Å². The number of anilines is 1. The first-order valence-corrected chi connectivity index (χ1v) is 9.70. The van der Waals surface area contributed by atoms with Crippen molar-refractivity contribution in [2.45, 2.75) is 36.7 Å². The number of carbonyl (C=O) groups is 1. The number of nitrogens with one attached hydrogen (secondary N) is 1. The minimum absolute atomic E-state index is 0.172. The maximum atomic E-state index is 12.3. The first kappa shape index (κ1) is 19.1. The summed E-state index contributed by atoms with van der Waals surface area (Å²) >= 11 is 1.73. The SMILES string of the molecule is Cc1ccc(C)c(Sc2ccc(NC(=O)[C@@H](C)Oc3ccccc3)cc2)c1. The third-order valence-electron chi connectivity index (χ3n) is 4.12. The number of para-hydroxylation sites is 1. The Morgan fingerprint density at radius 1 is 0.963 bits per heavy atom. The molecular weight excluding hydrogens is 354 g/mol. The van der Waals surface area contributed by atoms with Crippen LogP contribution in [0.3, 0.4) is 0 Å². The summed E-state index contributed by atoms with van der Waals surface area (Å²) in [6, 6.07) is 23.7. The summed E-state index contributed by atoms with van der Waals surface area (Å²) in [5, 5.41) is 2.90. The van der Waals surface area contributed by atoms with E-state index in [0.717, 1.165) is 10.6 Å². The molecule has 0 aliphatic heterocycles. The van der Waals surface area contributed by atoms with E-state index in [1.165, 1.54) is 16.0 Å². The van der Waals surface area contributed by atoms with E-state index in [9.17, 15) is 4.79 Å². The molecule has 0 fully saturated rings. The molecule has 4 heteroatoms. The normalized spacial score (nSPS) is 11.7. The van der Waals surface area contributed by atoms with Crippen LogP contribution < -0.4 is 10.1 Å². The van der Waals surface area contributed by atoms with Gasteiger partial charge in [0.1, 0.15) is 5.75 Å². The molecule has 0 bridgehead atoms. The van der Waals surface area contributed by atoms with E-state index < -0.39 is 6.10 Å². The first-order valence-electron chi connectivity index (χ1n) is 8.89. The molecule has 138 valence electrons. The lowest BCUT2D eigenvalue weighted by molar-refractivity contribution is -0.122. The van der Waals surface area contributed by atoms with E-state index in [1.807, 2.05) is 54.6 Å². The Balaban J connectivity index is 1.60. The average molecular weight is 378 g/mol. The van der Waals surface area contributed by atoms with Gasteiger partial charge in [-0.1, -0.05) is 42.1 Å². The highest BCUT2D eigenvalue weighted by molar-refractivity contribution is 7.99. The zero-order chi connectivity index (χ0) is 19.2. The van der Waals surface area contributed by atoms with Gasteiger partial charge in [0.15, 0.2) is 6.10 Å². The summed E-state index contributed by atoms with van der Waals surface area (Å²) < 4.78 is 5.66. The van der Waals surface area contributed by atoms with Gasteiger partial charge in [0, 0.05) is 15.5 Å². The minimum Gasteiger partial charge on any atom is -0.481 e. The summed E-state index contributed by atoms with van der Waals surface area (Å²) in [5.74, 6) is 0.509. The lowest BCUT2D eigenvalue weighted by Gasteiger charge is -2.15. The van der Waals surface area contributed by atoms with Crippen LogP contribution in [-0.4, -0.2) is 12.0 Å². The summed E-state index contributed by atoms with van der Waals surface area (Å²) in [5.41, 5.74) is 3.27. The Bertz CT molecular complexity index is 907. The Hall–Kier alpha value is -2.72. The highest BCUT2D eigenvalue weighted by Gasteiger charge is 2.14. The van der Waals surface area contributed by atoms with Gasteiger partial charge in [-0.2, -0.15) is 0 Å². The molecule has 3 rings (SSSR count). The van der Waals surface area contributed by atoms with Gasteiger partial charge >= 0.3 is 0 Å². The second kappa shape index (κ2) is 8.78. The minimum atomic E-state index is -0.573. The van der Waals surface area contributed by atoms with E-state index in [2.05, 4.69) is 37.4 Å². The number of rotatable bonds is 6. The van der Waals surface area contributed by atoms with Gasteiger partial charge in [-0.05, 0) is 74.4 Å². The Kier molecular flexibility index (Phi) is 6.20. The number of hydrogen-bond donors (Lipinski definition) is 1. The maximum Gasteiger partial charge on any atom is 0.265 e. The van der Waals surface area contributed by atoms with Gasteiger partial charge in [-0.15, -0.1) is 0 Å². The second-order valence-electron chi connectivity index (χ2n) is 6.46. The molecule has 0 unspecified atom stereocenters. The van der Waals surface area contributed by atoms with Gasteiger partial charge in [0.25, 0.3) is 5.91 Å². The summed E-state index contributed by atoms with van der Waals surface area (Å²) in [6.45, 7) is 5.96. The van der Waals surface area contributed by atoms with E-state index in [0.29, 0.717) is 5.75 Å². The summed E-state index contributed by atoms with van der Waals surface area (Å²) in [4.78, 5) is 14.7. The van der Waals surface area contributed by atoms with Crippen molar-refractivity contribution >= 4 is 23.4 Å². The molecule has 27 heavy (non-hydrogen) atoms. The third-order valence-corrected chi connectivity index (χ3v) is 5.29. The molecule has 3 aromatic carbocycles. The predicted octanol–water partition coefficient (Wildman–Crippen LogP) is 5.86. The van der Waals surface area contributed by atoms with Crippen molar-refractivity contribution in [3.05, 3.63) is 83.9 Å². The molecule has 0 saturated heterocycles. The fourth-order valence-corrected chi connectivity index (χ4v) is 3.55. The Labute approximate surface area is 164 Å². The van der Waals surface area contributed by atoms with Crippen LogP contribution in [0.5, 0.6) is 5.75 Å². The molecule has 1 atom stereocenters. The smallest absolute Gasteiger partial charge is 0.265 e. The van der Waals surface area contributed by atoms with Gasteiger partial charge in [-0.3, -0.25) is 4.79 Å². The lowest BCUT2D eigenvalue weighted by atomic mass is 10.2. The van der Waals surface area contributed by atoms with Crippen LogP contribution >= 0.6 is 11.8 Å². The summed E-state index contributed by atoms with van der Waals surface area (Å²) in [6.07, 6.45) is -0.573. The quantitative estimate of drug-likeness (QED) is 0.585. The van der Waals surface area contributed by atoms with Crippen LogP contribution in [0.1, 0.15) is 18.1 Å². The Morgan fingerprint density at radius 3 is 2.37 bits per heavy atom. The molecule has 3 aromatic rings. The van der Waals surface area contributed by atoms with Crippen molar-refractivity contribution in [2.24, 2.45) is 0 Å². The summed E-state index contributed by atoms with van der Waals surface area (Å²) in [7, 11) is 0. The molecular formula is C23H23NO2S. The van der Waals surface area contributed by atoms with Gasteiger partial charge < -0.3 is 10.1 Å². The van der Waals surface area contributed by atoms with Crippen molar-refractivity contribution in [3.8, 4) is 5.75 Å². The lowest BCUT2D eigenvalue weighted by Crippen LogP contribution is -2.30. The van der Waals surface area contributed by atoms with Gasteiger partial charge in [-0.25, -0.2) is 0 Å². The highest BCUT2D eigenvalue weighted by atomic mass is 32.2. The van der Waals surface area contributed by atoms with E-state index in [4.69, 9.17) is 4.74 Å². The average Bonchev–Trinajstić information content (AvgIpc) is 2.67. The third kappa shape index (κ3) is 5.38. The highest BCUT2D eigenvalue weighted by Crippen LogP contribution is 2.31. The van der Waals surface area contributed by atoms with Crippen LogP contribution in [0, 0.1) is 13.8 Å². The monoisotopic (exact) mass is 377 g/mol. The molecule has 0 aliphatic carbocycles. The number of carbonyl (C=O) groups excluding carboxylic acids is 1. The van der Waals surface area contributed by atoms with Crippen LogP contribution in [0.4, 0.5) is 5.69 Å². The number of ether oxygens (including phenoxy) is 1. The molecule has 3 nitrogen and oxygen atoms in total. The number of aryl methyl sites for hydroxylation is 2. The molecule has 0 heterocycles. The predicted molar refractivity (Wildman–Crippen MR) is 112 cm³/mol. The molecule has 0 radical (unpaired) electrons. The second-order valence-corrected chi connectivity index (χ2v) is 7.57. The zero-order valence-electron chi connectivity index (χ0n) is 15.7. The van der Waals surface area contributed by atoms with E-state index >= 15 is 0 Å². The number of benzene rings is 3. The molecule has 0 saturated carbocycles. The number of amides is 1. The van der Waals surface area contributed by atoms with Gasteiger partial charge in [0.05, 0.1) is 0 Å². The fourth-order valence-electron chi connectivity index (χ4n) is 2.55. The molecule has 1 N–H and O–H groups in total. The van der Waals surface area contributed by atoms with E-state index in [-0.39, 0.29) is 5.91 Å². The largest absolute Gasteiger partial charge is 0.481 e. The van der Waals surface area contributed by atoms with E-state index in [1.54, 1.807) is 18.7 Å². The standard InChI is InChI=1S/C23H23NO2S/c1-16-9-10-17(2)22(15-16)27-21-13-11-19(12-14-21)24-23(25)18(3)26-20-7-5-4-6-8-20/h4-15,18H,1-3H3,(H,24,25)/t18-/m1/s1. The van der Waals surface area contributed by atoms with Crippen molar-refractivity contribution < 1.29 is 9.53 Å². The number of hydrogen-bond acceptors (Lipinski definition) is 3. The topological polar surface area (TPSA) is 38.3 Å². The Morgan fingerprint density at radius 2 is 1.67 bits per heavy atom. The van der Waals surface area contributed by atoms with Crippen molar-refractivity contribution in [2.75, 3.05) is 5.32 Å². The van der Waals surface area contributed by atoms with Crippen molar-refractivity contribution in [3.63, 3.8) is 0 Å². The zero-order valence-corrected chi connectivity index (χ0v) is 16.5. The van der Waals surface area contributed by atoms with Gasteiger partial charge in [0.2, 0.25) is 0 Å². The van der Waals surface area contributed by atoms with Crippen LogP contribution in [0.2, 0.25) is 0 Å². The van der Waals surface area contributed by atoms with Crippen LogP contribution in [-0.2, 0) is 4.79 Å². The molecule has 0 spiro atoms. The molecule has 0 aliphatic rings.